The van der Waals surface area contributed by atoms with E-state index in [1.165, 1.54) is 0 Å². The first-order valence-electron chi connectivity index (χ1n) is 12.2. The molecule has 0 spiro atoms. The molecule has 2 aromatic rings. The predicted octanol–water partition coefficient (Wildman–Crippen LogP) is 4.67. The summed E-state index contributed by atoms with van der Waals surface area (Å²) >= 11 is 0. The van der Waals surface area contributed by atoms with Gasteiger partial charge < -0.3 is 19.7 Å². The number of nitrogens with one attached hydrogen (secondary N) is 1. The molecule has 1 fully saturated rings. The van der Waals surface area contributed by atoms with Gasteiger partial charge in [-0.15, -0.1) is 13.2 Å². The molecule has 3 rings (SSSR count). The molecule has 1 saturated heterocycles. The topological polar surface area (TPSA) is 105 Å². The van der Waals surface area contributed by atoms with E-state index in [1.807, 2.05) is 0 Å². The third-order valence-corrected chi connectivity index (χ3v) is 7.68. The minimum Gasteiger partial charge on any atom is -0.444 e. The van der Waals surface area contributed by atoms with Crippen LogP contribution in [0.1, 0.15) is 31.9 Å². The zero-order valence-electron chi connectivity index (χ0n) is 22.3. The number of nitrogens with zero attached hydrogens (tertiary/aromatic N) is 2. The Morgan fingerprint density at radius 2 is 1.60 bits per heavy atom. The van der Waals surface area contributed by atoms with Crippen LogP contribution in [-0.2, 0) is 32.3 Å². The lowest BCUT2D eigenvalue weighted by atomic mass is 10.1. The average molecular weight is 630 g/mol. The van der Waals surface area contributed by atoms with E-state index >= 15 is 0 Å². The smallest absolute Gasteiger partial charge is 0.444 e. The lowest BCUT2D eigenvalue weighted by Crippen LogP contribution is -2.61. The number of rotatable bonds is 6. The van der Waals surface area contributed by atoms with Gasteiger partial charge in [-0.25, -0.2) is 17.6 Å². The number of carbonyl (C=O) groups excluding carboxylic acids is 2. The Bertz CT molecular complexity index is 1410. The van der Waals surface area contributed by atoms with Crippen molar-refractivity contribution in [2.24, 2.45) is 0 Å². The van der Waals surface area contributed by atoms with E-state index in [2.05, 4.69) is 10.1 Å². The van der Waals surface area contributed by atoms with Gasteiger partial charge in [-0.1, -0.05) is 6.07 Å². The predicted molar refractivity (Wildman–Crippen MR) is 132 cm³/mol. The maximum atomic E-state index is 14.1. The summed E-state index contributed by atoms with van der Waals surface area (Å²) in [6.07, 6.45) is -10.7. The quantitative estimate of drug-likeness (QED) is 0.466. The highest BCUT2D eigenvalue weighted by Crippen LogP contribution is 2.31. The highest BCUT2D eigenvalue weighted by molar-refractivity contribution is 7.89. The molecule has 0 bridgehead atoms. The number of hydrogen-bond acceptors (Lipinski definition) is 6. The monoisotopic (exact) mass is 629 g/mol. The first kappa shape index (κ1) is 32.9. The van der Waals surface area contributed by atoms with Crippen molar-refractivity contribution in [1.29, 1.82) is 0 Å². The van der Waals surface area contributed by atoms with Crippen LogP contribution in [0.2, 0.25) is 0 Å². The van der Waals surface area contributed by atoms with Crippen LogP contribution in [0, 0.1) is 5.82 Å². The van der Waals surface area contributed by atoms with Crippen molar-refractivity contribution in [3.05, 3.63) is 59.4 Å². The van der Waals surface area contributed by atoms with Gasteiger partial charge in [0.15, 0.2) is 11.6 Å². The Hall–Kier alpha value is -3.60. The van der Waals surface area contributed by atoms with Gasteiger partial charge >= 0.3 is 18.6 Å². The maximum Gasteiger partial charge on any atom is 0.573 e. The van der Waals surface area contributed by atoms with Crippen molar-refractivity contribution in [2.45, 2.75) is 56.4 Å². The fourth-order valence-corrected chi connectivity index (χ4v) is 5.45. The highest BCUT2D eigenvalue weighted by atomic mass is 32.2. The first-order chi connectivity index (χ1) is 19.2. The molecule has 1 aliphatic rings. The molecule has 232 valence electrons. The number of ether oxygens (including phenoxy) is 2. The summed E-state index contributed by atoms with van der Waals surface area (Å²) in [6, 6.07) is 3.41. The lowest BCUT2D eigenvalue weighted by Gasteiger charge is -2.39. The summed E-state index contributed by atoms with van der Waals surface area (Å²) in [6.45, 7) is 3.15. The molecule has 1 atom stereocenters. The Morgan fingerprint density at radius 3 is 2.12 bits per heavy atom. The summed E-state index contributed by atoms with van der Waals surface area (Å²) in [5, 5.41) is 2.35. The van der Waals surface area contributed by atoms with Crippen LogP contribution >= 0.6 is 0 Å². The maximum absolute atomic E-state index is 14.1. The molecule has 0 unspecified atom stereocenters. The largest absolute Gasteiger partial charge is 0.573 e. The lowest BCUT2D eigenvalue weighted by molar-refractivity contribution is -0.275. The van der Waals surface area contributed by atoms with Crippen molar-refractivity contribution >= 4 is 22.0 Å². The van der Waals surface area contributed by atoms with Gasteiger partial charge in [-0.05, 0) is 62.7 Å². The molecule has 2 amide bonds. The Kier molecular flexibility index (Phi) is 9.36. The highest BCUT2D eigenvalue weighted by Gasteiger charge is 2.42. The molecule has 1 N–H and O–H groups in total. The van der Waals surface area contributed by atoms with Crippen molar-refractivity contribution in [3.8, 4) is 5.75 Å². The van der Waals surface area contributed by atoms with E-state index in [1.54, 1.807) is 20.8 Å². The number of hydrogen-bond donors (Lipinski definition) is 1. The molecular formula is C25H26F7N3O6S. The molecule has 0 aromatic heterocycles. The molecule has 42 heavy (non-hydrogen) atoms. The van der Waals surface area contributed by atoms with Gasteiger partial charge in [0.1, 0.15) is 11.6 Å². The second-order valence-electron chi connectivity index (χ2n) is 10.1. The Balaban J connectivity index is 1.86. The average Bonchev–Trinajstić information content (AvgIpc) is 2.86. The van der Waals surface area contributed by atoms with Gasteiger partial charge in [-0.2, -0.15) is 17.5 Å². The molecule has 9 nitrogen and oxygen atoms in total. The number of piperazine rings is 1. The van der Waals surface area contributed by atoms with Crippen LogP contribution in [0.3, 0.4) is 0 Å². The van der Waals surface area contributed by atoms with E-state index in [0.29, 0.717) is 28.6 Å². The molecule has 0 aliphatic carbocycles. The SMILES string of the molecule is CC(C)(C)OC(=O)N1CCN(S(=O)(=O)c2ccc(C(F)(F)F)cc2)[C@@H](C(=O)NCc2ccc(OC(F)(F)F)c(F)c2)C1. The molecule has 2 aromatic carbocycles. The summed E-state index contributed by atoms with van der Waals surface area (Å²) < 4.78 is 127. The van der Waals surface area contributed by atoms with Gasteiger partial charge in [-0.3, -0.25) is 4.79 Å². The van der Waals surface area contributed by atoms with Crippen LogP contribution in [-0.4, -0.2) is 67.3 Å². The number of benzene rings is 2. The summed E-state index contributed by atoms with van der Waals surface area (Å²) in [5.41, 5.74) is -2.03. The fourth-order valence-electron chi connectivity index (χ4n) is 3.88. The Labute approximate surface area is 236 Å². The number of halogens is 7. The van der Waals surface area contributed by atoms with E-state index in [-0.39, 0.29) is 12.1 Å². The van der Waals surface area contributed by atoms with E-state index in [9.17, 15) is 48.7 Å². The van der Waals surface area contributed by atoms with Crippen molar-refractivity contribution in [3.63, 3.8) is 0 Å². The van der Waals surface area contributed by atoms with Crippen LogP contribution in [0.4, 0.5) is 35.5 Å². The van der Waals surface area contributed by atoms with Gasteiger partial charge in [0.2, 0.25) is 15.9 Å². The van der Waals surface area contributed by atoms with Crippen molar-refractivity contribution in [2.75, 3.05) is 19.6 Å². The number of alkyl halides is 6. The normalized spacial score (nSPS) is 17.1. The zero-order chi connectivity index (χ0) is 31.7. The second kappa shape index (κ2) is 11.9. The number of carbonyl (C=O) groups is 2. The van der Waals surface area contributed by atoms with Crippen molar-refractivity contribution in [1.82, 2.24) is 14.5 Å². The van der Waals surface area contributed by atoms with E-state index < -0.39 is 87.9 Å². The van der Waals surface area contributed by atoms with Crippen LogP contribution in [0.5, 0.6) is 5.75 Å². The van der Waals surface area contributed by atoms with Crippen LogP contribution in [0.25, 0.3) is 0 Å². The summed E-state index contributed by atoms with van der Waals surface area (Å²) in [7, 11) is -4.57. The van der Waals surface area contributed by atoms with Gasteiger partial charge in [0, 0.05) is 26.2 Å². The van der Waals surface area contributed by atoms with Crippen molar-refractivity contribution < 1.29 is 58.2 Å². The fraction of sp³-hybridized carbons (Fsp3) is 0.440. The molecular weight excluding hydrogens is 603 g/mol. The molecule has 0 saturated carbocycles. The third-order valence-electron chi connectivity index (χ3n) is 5.76. The third kappa shape index (κ3) is 8.47. The molecule has 17 heteroatoms. The van der Waals surface area contributed by atoms with E-state index in [4.69, 9.17) is 4.74 Å². The van der Waals surface area contributed by atoms with E-state index in [0.717, 1.165) is 23.1 Å². The molecule has 1 heterocycles. The minimum atomic E-state index is -5.14. The number of sulfonamides is 1. The van der Waals surface area contributed by atoms with Gasteiger partial charge in [0.25, 0.3) is 0 Å². The summed E-state index contributed by atoms with van der Waals surface area (Å²) in [5.74, 6) is -3.46. The standard InChI is InChI=1S/C25H26F7N3O6S/c1-23(2,3)41-22(37)34-10-11-35(42(38,39)17-7-5-16(6-8-17)24(27,28)29)19(14-34)21(36)33-13-15-4-9-20(18(26)12-15)40-25(30,31)32/h4-9,12,19H,10-11,13-14H2,1-3H3,(H,33,36)/t19-/m1/s1. The second-order valence-corrected chi connectivity index (χ2v) is 12.0. The zero-order valence-corrected chi connectivity index (χ0v) is 23.2. The summed E-state index contributed by atoms with van der Waals surface area (Å²) in [4.78, 5) is 26.4. The van der Waals surface area contributed by atoms with Crippen LogP contribution in [0.15, 0.2) is 47.4 Å². The van der Waals surface area contributed by atoms with Gasteiger partial charge in [0.05, 0.1) is 10.5 Å². The first-order valence-corrected chi connectivity index (χ1v) is 13.6. The number of amides is 2. The Morgan fingerprint density at radius 1 is 0.976 bits per heavy atom. The van der Waals surface area contributed by atoms with Crippen LogP contribution < -0.4 is 10.1 Å². The minimum absolute atomic E-state index is 0.00710. The molecule has 0 radical (unpaired) electrons. The molecule has 1 aliphatic heterocycles.